The molecule has 0 bridgehead atoms. The van der Waals surface area contributed by atoms with Gasteiger partial charge >= 0.3 is 0 Å². The van der Waals surface area contributed by atoms with Crippen molar-refractivity contribution in [2.45, 2.75) is 17.7 Å². The van der Waals surface area contributed by atoms with Crippen LogP contribution in [0.15, 0.2) is 89.8 Å². The first-order chi connectivity index (χ1) is 16.0. The molecule has 172 valence electrons. The second-order valence-corrected chi connectivity index (χ2v) is 10.0. The van der Waals surface area contributed by atoms with E-state index >= 15 is 0 Å². The van der Waals surface area contributed by atoms with Crippen LogP contribution in [0.3, 0.4) is 0 Å². The summed E-state index contributed by atoms with van der Waals surface area (Å²) in [7, 11) is -3.62. The first-order valence-electron chi connectivity index (χ1n) is 11.2. The normalized spacial score (nSPS) is 15.5. The van der Waals surface area contributed by atoms with E-state index in [1.807, 2.05) is 60.7 Å². The smallest absolute Gasteiger partial charge is 0.243 e. The Kier molecular flexibility index (Phi) is 7.23. The summed E-state index contributed by atoms with van der Waals surface area (Å²) in [6, 6.07) is 25.7. The summed E-state index contributed by atoms with van der Waals surface area (Å²) in [6.45, 7) is 5.38. The van der Waals surface area contributed by atoms with E-state index in [4.69, 9.17) is 0 Å². The largest absolute Gasteiger partial charge is 0.325 e. The Labute approximate surface area is 195 Å². The molecule has 7 heteroatoms. The van der Waals surface area contributed by atoms with Gasteiger partial charge in [0.1, 0.15) is 0 Å². The number of amides is 1. The molecular weight excluding hydrogens is 434 g/mol. The number of benzene rings is 3. The summed E-state index contributed by atoms with van der Waals surface area (Å²) < 4.78 is 27.9. The van der Waals surface area contributed by atoms with Crippen LogP contribution in [0.5, 0.6) is 0 Å². The number of sulfonamides is 1. The van der Waals surface area contributed by atoms with E-state index in [0.717, 1.165) is 30.8 Å². The first kappa shape index (κ1) is 23.2. The Morgan fingerprint density at radius 2 is 1.42 bits per heavy atom. The maximum absolute atomic E-state index is 13.4. The quantitative estimate of drug-likeness (QED) is 0.579. The number of rotatable bonds is 7. The Morgan fingerprint density at radius 1 is 0.848 bits per heavy atom. The maximum atomic E-state index is 13.4. The fraction of sp³-hybridized carbons (Fsp3) is 0.269. The van der Waals surface area contributed by atoms with Crippen LogP contribution in [0.2, 0.25) is 0 Å². The summed E-state index contributed by atoms with van der Waals surface area (Å²) in [5.41, 5.74) is 2.21. The monoisotopic (exact) mass is 463 g/mol. The fourth-order valence-corrected chi connectivity index (χ4v) is 5.64. The molecule has 3 aromatic carbocycles. The fourth-order valence-electron chi connectivity index (χ4n) is 4.17. The van der Waals surface area contributed by atoms with Crippen molar-refractivity contribution >= 4 is 21.6 Å². The maximum Gasteiger partial charge on any atom is 0.243 e. The van der Waals surface area contributed by atoms with Crippen LogP contribution in [0.1, 0.15) is 24.0 Å². The lowest BCUT2D eigenvalue weighted by atomic mass is 9.90. The molecule has 1 saturated heterocycles. The van der Waals surface area contributed by atoms with E-state index in [-0.39, 0.29) is 10.8 Å². The summed E-state index contributed by atoms with van der Waals surface area (Å²) in [5, 5.41) is 2.94. The number of piperazine rings is 1. The van der Waals surface area contributed by atoms with Crippen molar-refractivity contribution in [3.05, 3.63) is 96.1 Å². The van der Waals surface area contributed by atoms with Gasteiger partial charge in [-0.15, -0.1) is 0 Å². The van der Waals surface area contributed by atoms with Crippen LogP contribution in [0.25, 0.3) is 0 Å². The van der Waals surface area contributed by atoms with Gasteiger partial charge < -0.3 is 10.2 Å². The van der Waals surface area contributed by atoms with Crippen LogP contribution < -0.4 is 5.32 Å². The zero-order chi connectivity index (χ0) is 23.3. The van der Waals surface area contributed by atoms with Gasteiger partial charge in [-0.2, -0.15) is 4.31 Å². The van der Waals surface area contributed by atoms with Crippen molar-refractivity contribution in [3.63, 3.8) is 0 Å². The predicted octanol–water partition coefficient (Wildman–Crippen LogP) is 3.78. The molecule has 33 heavy (non-hydrogen) atoms. The summed E-state index contributed by atoms with van der Waals surface area (Å²) in [4.78, 5) is 15.8. The van der Waals surface area contributed by atoms with Gasteiger partial charge in [-0.25, -0.2) is 8.42 Å². The van der Waals surface area contributed by atoms with E-state index in [0.29, 0.717) is 18.8 Å². The Balaban J connectivity index is 1.56. The topological polar surface area (TPSA) is 69.7 Å². The minimum Gasteiger partial charge on any atom is -0.325 e. The van der Waals surface area contributed by atoms with Gasteiger partial charge in [-0.1, -0.05) is 73.7 Å². The van der Waals surface area contributed by atoms with Gasteiger partial charge in [0.25, 0.3) is 0 Å². The van der Waals surface area contributed by atoms with Gasteiger partial charge in [0.15, 0.2) is 0 Å². The number of hydrogen-bond donors (Lipinski definition) is 1. The number of anilines is 1. The summed E-state index contributed by atoms with van der Waals surface area (Å²) in [6.07, 6.45) is 0. The van der Waals surface area contributed by atoms with Gasteiger partial charge in [-0.05, 0) is 35.9 Å². The third kappa shape index (κ3) is 5.33. The number of nitrogens with zero attached hydrogens (tertiary/aromatic N) is 2. The molecule has 1 aliphatic heterocycles. The molecule has 1 amide bonds. The average Bonchev–Trinajstić information content (AvgIpc) is 2.86. The van der Waals surface area contributed by atoms with Crippen molar-refractivity contribution in [2.24, 2.45) is 0 Å². The van der Waals surface area contributed by atoms with Crippen molar-refractivity contribution in [3.8, 4) is 0 Å². The lowest BCUT2D eigenvalue weighted by Crippen LogP contribution is -2.48. The molecule has 0 spiro atoms. The summed E-state index contributed by atoms with van der Waals surface area (Å²) >= 11 is 0. The number of nitrogens with one attached hydrogen (secondary N) is 1. The highest BCUT2D eigenvalue weighted by molar-refractivity contribution is 7.89. The van der Waals surface area contributed by atoms with Crippen LogP contribution in [0.4, 0.5) is 5.69 Å². The van der Waals surface area contributed by atoms with Gasteiger partial charge in [0, 0.05) is 31.9 Å². The van der Waals surface area contributed by atoms with Crippen molar-refractivity contribution in [1.82, 2.24) is 9.21 Å². The molecule has 1 fully saturated rings. The average molecular weight is 464 g/mol. The molecule has 0 unspecified atom stereocenters. The van der Waals surface area contributed by atoms with Crippen LogP contribution >= 0.6 is 0 Å². The molecule has 6 nitrogen and oxygen atoms in total. The number of carbonyl (C=O) groups is 1. The van der Waals surface area contributed by atoms with E-state index in [2.05, 4.69) is 17.1 Å². The standard InChI is InChI=1S/C26H29N3O3S/c1-2-28-16-18-29(19-17-28)33(31,32)24-15-9-14-23(20-24)27-26(30)25(21-10-5-3-6-11-21)22-12-7-4-8-13-22/h3-15,20,25H,2,16-19H2,1H3,(H,27,30). The van der Waals surface area contributed by atoms with Gasteiger partial charge in [-0.3, -0.25) is 4.79 Å². The highest BCUT2D eigenvalue weighted by Crippen LogP contribution is 2.27. The Bertz CT molecular complexity index is 1140. The van der Waals surface area contributed by atoms with Gasteiger partial charge in [0.2, 0.25) is 15.9 Å². The predicted molar refractivity (Wildman–Crippen MR) is 131 cm³/mol. The molecule has 0 aliphatic carbocycles. The molecule has 4 rings (SSSR count). The SMILES string of the molecule is CCN1CCN(S(=O)(=O)c2cccc(NC(=O)C(c3ccccc3)c3ccccc3)c2)CC1. The molecule has 1 heterocycles. The lowest BCUT2D eigenvalue weighted by molar-refractivity contribution is -0.116. The molecule has 0 saturated carbocycles. The number of hydrogen-bond acceptors (Lipinski definition) is 4. The van der Waals surface area contributed by atoms with Gasteiger partial charge in [0.05, 0.1) is 10.8 Å². The third-order valence-electron chi connectivity index (χ3n) is 6.05. The molecule has 0 atom stereocenters. The highest BCUT2D eigenvalue weighted by Gasteiger charge is 2.29. The highest BCUT2D eigenvalue weighted by atomic mass is 32.2. The van der Waals surface area contributed by atoms with E-state index in [1.165, 1.54) is 4.31 Å². The van der Waals surface area contributed by atoms with Crippen LogP contribution in [-0.4, -0.2) is 56.3 Å². The second kappa shape index (κ2) is 10.3. The molecular formula is C26H29N3O3S. The van der Waals surface area contributed by atoms with Crippen LogP contribution in [0, 0.1) is 0 Å². The molecule has 0 aromatic heterocycles. The Hall–Kier alpha value is -3.00. The van der Waals surface area contributed by atoms with E-state index in [1.54, 1.807) is 24.3 Å². The van der Waals surface area contributed by atoms with E-state index < -0.39 is 15.9 Å². The summed E-state index contributed by atoms with van der Waals surface area (Å²) in [5.74, 6) is -0.715. The Morgan fingerprint density at radius 3 is 1.97 bits per heavy atom. The van der Waals surface area contributed by atoms with Crippen molar-refractivity contribution < 1.29 is 13.2 Å². The molecule has 1 N–H and O–H groups in total. The minimum atomic E-state index is -3.62. The second-order valence-electron chi connectivity index (χ2n) is 8.11. The van der Waals surface area contributed by atoms with Crippen molar-refractivity contribution in [1.29, 1.82) is 0 Å². The molecule has 3 aromatic rings. The molecule has 1 aliphatic rings. The number of likely N-dealkylation sites (N-methyl/N-ethyl adjacent to an activating group) is 1. The number of carbonyl (C=O) groups excluding carboxylic acids is 1. The first-order valence-corrected chi connectivity index (χ1v) is 12.7. The minimum absolute atomic E-state index is 0.196. The lowest BCUT2D eigenvalue weighted by Gasteiger charge is -2.33. The zero-order valence-corrected chi connectivity index (χ0v) is 19.5. The van der Waals surface area contributed by atoms with E-state index in [9.17, 15) is 13.2 Å². The van der Waals surface area contributed by atoms with Crippen LogP contribution in [-0.2, 0) is 14.8 Å². The third-order valence-corrected chi connectivity index (χ3v) is 7.94. The molecule has 0 radical (unpaired) electrons. The van der Waals surface area contributed by atoms with Crippen molar-refractivity contribution in [2.75, 3.05) is 38.0 Å². The zero-order valence-electron chi connectivity index (χ0n) is 18.7.